The number of aromatic nitrogens is 2. The van der Waals surface area contributed by atoms with Crippen LogP contribution in [0.15, 0.2) is 11.1 Å². The third kappa shape index (κ3) is 2.59. The van der Waals surface area contributed by atoms with Crippen LogP contribution in [0.1, 0.15) is 12.6 Å². The number of nitrogens with zero attached hydrogens (tertiary/aromatic N) is 2. The number of hydrogen-bond acceptors (Lipinski definition) is 4. The number of aliphatic carboxylic acids is 1. The summed E-state index contributed by atoms with van der Waals surface area (Å²) in [5.41, 5.74) is -1.75. The molecular formula is C9H11IN2O4. The Labute approximate surface area is 105 Å². The van der Waals surface area contributed by atoms with E-state index in [-0.39, 0.29) is 12.1 Å². The van der Waals surface area contributed by atoms with Crippen molar-refractivity contribution in [2.24, 2.45) is 0 Å². The molecule has 88 valence electrons. The predicted octanol–water partition coefficient (Wildman–Crippen LogP) is -0.00808. The van der Waals surface area contributed by atoms with Crippen LogP contribution in [0.2, 0.25) is 0 Å². The Morgan fingerprint density at radius 3 is 2.75 bits per heavy atom. The molecule has 1 heterocycles. The SMILES string of the molecule is Cc1ncn(CC(C)(O)C(=O)O)c(=O)c1I. The second-order valence-corrected chi connectivity index (χ2v) is 4.73. The van der Waals surface area contributed by atoms with Crippen LogP contribution in [0.5, 0.6) is 0 Å². The van der Waals surface area contributed by atoms with Crippen LogP contribution in [0.3, 0.4) is 0 Å². The Morgan fingerprint density at radius 1 is 1.69 bits per heavy atom. The Kier molecular flexibility index (Phi) is 3.68. The summed E-state index contributed by atoms with van der Waals surface area (Å²) >= 11 is 1.84. The van der Waals surface area contributed by atoms with Gasteiger partial charge in [0.05, 0.1) is 22.1 Å². The molecule has 6 nitrogen and oxygen atoms in total. The molecule has 2 N–H and O–H groups in total. The fourth-order valence-electron chi connectivity index (χ4n) is 1.06. The van der Waals surface area contributed by atoms with E-state index in [1.165, 1.54) is 6.33 Å². The van der Waals surface area contributed by atoms with Crippen molar-refractivity contribution in [2.45, 2.75) is 26.0 Å². The van der Waals surface area contributed by atoms with Crippen molar-refractivity contribution in [1.82, 2.24) is 9.55 Å². The lowest BCUT2D eigenvalue weighted by Gasteiger charge is -2.19. The zero-order valence-corrected chi connectivity index (χ0v) is 10.9. The number of hydrogen-bond donors (Lipinski definition) is 2. The number of carboxylic acids is 1. The monoisotopic (exact) mass is 338 g/mol. The lowest BCUT2D eigenvalue weighted by molar-refractivity contribution is -0.157. The van der Waals surface area contributed by atoms with Crippen molar-refractivity contribution in [3.8, 4) is 0 Å². The number of carbonyl (C=O) groups is 1. The van der Waals surface area contributed by atoms with Crippen LogP contribution in [0.4, 0.5) is 0 Å². The molecule has 0 bridgehead atoms. The first-order valence-electron chi connectivity index (χ1n) is 4.43. The molecular weight excluding hydrogens is 327 g/mol. The fourth-order valence-corrected chi connectivity index (χ4v) is 1.51. The highest BCUT2D eigenvalue weighted by Gasteiger charge is 2.31. The highest BCUT2D eigenvalue weighted by Crippen LogP contribution is 2.07. The number of rotatable bonds is 3. The quantitative estimate of drug-likeness (QED) is 0.757. The third-order valence-electron chi connectivity index (χ3n) is 2.10. The molecule has 1 atom stereocenters. The molecule has 0 spiro atoms. The van der Waals surface area contributed by atoms with Crippen molar-refractivity contribution in [1.29, 1.82) is 0 Å². The minimum absolute atomic E-state index is 0.329. The molecule has 1 unspecified atom stereocenters. The van der Waals surface area contributed by atoms with E-state index >= 15 is 0 Å². The van der Waals surface area contributed by atoms with Crippen LogP contribution in [0.25, 0.3) is 0 Å². The third-order valence-corrected chi connectivity index (χ3v) is 3.34. The first-order chi connectivity index (χ1) is 7.25. The molecule has 0 amide bonds. The lowest BCUT2D eigenvalue weighted by atomic mass is 10.1. The summed E-state index contributed by atoms with van der Waals surface area (Å²) in [5.74, 6) is -1.38. The lowest BCUT2D eigenvalue weighted by Crippen LogP contribution is -2.42. The fraction of sp³-hybridized carbons (Fsp3) is 0.444. The summed E-state index contributed by atoms with van der Waals surface area (Å²) in [6.45, 7) is 2.49. The van der Waals surface area contributed by atoms with Crippen molar-refractivity contribution >= 4 is 28.6 Å². The van der Waals surface area contributed by atoms with Crippen LogP contribution in [-0.2, 0) is 11.3 Å². The van der Waals surface area contributed by atoms with Gasteiger partial charge in [-0.25, -0.2) is 9.78 Å². The molecule has 16 heavy (non-hydrogen) atoms. The van der Waals surface area contributed by atoms with Crippen molar-refractivity contribution in [2.75, 3.05) is 0 Å². The minimum atomic E-state index is -1.98. The average Bonchev–Trinajstić information content (AvgIpc) is 2.19. The van der Waals surface area contributed by atoms with Gasteiger partial charge in [0.2, 0.25) is 0 Å². The molecule has 0 aromatic carbocycles. The smallest absolute Gasteiger partial charge is 0.337 e. The van der Waals surface area contributed by atoms with Gasteiger partial charge in [0.15, 0.2) is 5.60 Å². The molecule has 7 heteroatoms. The molecule has 1 rings (SSSR count). The van der Waals surface area contributed by atoms with E-state index in [4.69, 9.17) is 5.11 Å². The zero-order valence-electron chi connectivity index (χ0n) is 8.77. The van der Waals surface area contributed by atoms with Gasteiger partial charge in [-0.2, -0.15) is 0 Å². The van der Waals surface area contributed by atoms with Gasteiger partial charge in [-0.15, -0.1) is 0 Å². The van der Waals surface area contributed by atoms with Crippen LogP contribution in [0, 0.1) is 10.5 Å². The first-order valence-corrected chi connectivity index (χ1v) is 5.51. The van der Waals surface area contributed by atoms with E-state index < -0.39 is 11.6 Å². The van der Waals surface area contributed by atoms with Crippen molar-refractivity contribution in [3.63, 3.8) is 0 Å². The summed E-state index contributed by atoms with van der Waals surface area (Å²) in [7, 11) is 0. The highest BCUT2D eigenvalue weighted by molar-refractivity contribution is 14.1. The minimum Gasteiger partial charge on any atom is -0.479 e. The van der Waals surface area contributed by atoms with E-state index in [0.717, 1.165) is 11.5 Å². The van der Waals surface area contributed by atoms with Crippen LogP contribution in [-0.4, -0.2) is 31.3 Å². The number of halogens is 1. The topological polar surface area (TPSA) is 92.4 Å². The molecule has 0 aliphatic heterocycles. The maximum absolute atomic E-state index is 11.7. The molecule has 1 aromatic heterocycles. The normalized spacial score (nSPS) is 14.5. The van der Waals surface area contributed by atoms with Crippen LogP contribution < -0.4 is 5.56 Å². The van der Waals surface area contributed by atoms with Crippen molar-refractivity contribution < 1.29 is 15.0 Å². The number of aryl methyl sites for hydroxylation is 1. The van der Waals surface area contributed by atoms with Gasteiger partial charge in [0.25, 0.3) is 5.56 Å². The second-order valence-electron chi connectivity index (χ2n) is 3.66. The van der Waals surface area contributed by atoms with E-state index in [2.05, 4.69) is 4.98 Å². The molecule has 0 radical (unpaired) electrons. The van der Waals surface area contributed by atoms with Crippen LogP contribution >= 0.6 is 22.6 Å². The van der Waals surface area contributed by atoms with E-state index in [9.17, 15) is 14.7 Å². The van der Waals surface area contributed by atoms with Gasteiger partial charge < -0.3 is 10.2 Å². The molecule has 0 saturated carbocycles. The van der Waals surface area contributed by atoms with E-state index in [0.29, 0.717) is 9.26 Å². The zero-order chi connectivity index (χ0) is 12.5. The molecule has 1 aromatic rings. The van der Waals surface area contributed by atoms with Gasteiger partial charge >= 0.3 is 5.97 Å². The predicted molar refractivity (Wildman–Crippen MR) is 64.2 cm³/mol. The van der Waals surface area contributed by atoms with E-state index in [1.807, 2.05) is 22.6 Å². The number of aliphatic hydroxyl groups is 1. The van der Waals surface area contributed by atoms with Gasteiger partial charge in [0, 0.05) is 0 Å². The summed E-state index contributed by atoms with van der Waals surface area (Å²) < 4.78 is 1.50. The van der Waals surface area contributed by atoms with Gasteiger partial charge in [-0.1, -0.05) is 0 Å². The Morgan fingerprint density at radius 2 is 2.25 bits per heavy atom. The summed E-state index contributed by atoms with van der Waals surface area (Å²) in [5, 5.41) is 18.3. The van der Waals surface area contributed by atoms with E-state index in [1.54, 1.807) is 6.92 Å². The standard InChI is InChI=1S/C9H11IN2O4/c1-5-6(10)7(13)12(4-11-5)3-9(2,16)8(14)15/h4,16H,3H2,1-2H3,(H,14,15). The highest BCUT2D eigenvalue weighted by atomic mass is 127. The second kappa shape index (κ2) is 4.50. The molecule has 0 aliphatic carbocycles. The summed E-state index contributed by atoms with van der Waals surface area (Å²) in [4.78, 5) is 26.3. The molecule has 0 fully saturated rings. The van der Waals surface area contributed by atoms with Crippen molar-refractivity contribution in [3.05, 3.63) is 25.9 Å². The Bertz CT molecular complexity index is 481. The largest absolute Gasteiger partial charge is 0.479 e. The first kappa shape index (κ1) is 13.1. The average molecular weight is 338 g/mol. The summed E-state index contributed by atoms with van der Waals surface area (Å²) in [6, 6.07) is 0. The maximum atomic E-state index is 11.7. The van der Waals surface area contributed by atoms with Gasteiger partial charge in [-0.05, 0) is 36.4 Å². The molecule has 0 aliphatic rings. The van der Waals surface area contributed by atoms with Gasteiger partial charge in [-0.3, -0.25) is 9.36 Å². The number of carboxylic acid groups (broad SMARTS) is 1. The summed E-state index contributed by atoms with van der Waals surface area (Å²) in [6.07, 6.45) is 1.23. The Balaban J connectivity index is 3.14. The molecule has 0 saturated heterocycles. The Hall–Kier alpha value is -0.960. The van der Waals surface area contributed by atoms with Gasteiger partial charge in [0.1, 0.15) is 0 Å². The maximum Gasteiger partial charge on any atom is 0.337 e.